The molecule has 1 aliphatic heterocycles. The molecule has 0 amide bonds. The highest BCUT2D eigenvalue weighted by Gasteiger charge is 2.28. The van der Waals surface area contributed by atoms with Crippen LogP contribution in [0.1, 0.15) is 23.4 Å². The normalized spacial score (nSPS) is 18.7. The minimum Gasteiger partial charge on any atom is -0.343 e. The molecule has 6 heteroatoms. The Kier molecular flexibility index (Phi) is 3.56. The van der Waals surface area contributed by atoms with E-state index in [1.54, 1.807) is 34.3 Å². The lowest BCUT2D eigenvalue weighted by molar-refractivity contribution is 0.488. The Morgan fingerprint density at radius 2 is 2.30 bits per heavy atom. The molecule has 0 saturated carbocycles. The molecule has 0 aromatic carbocycles. The standard InChI is InChI=1S/C14H18N4OS/c1-10-11(2)20-14(16-10)17-8-4-5-12(17)9-18-13(19)6-3-7-15-18/h3,6-7,12H,4-5,8-9H2,1-2H3. The molecule has 0 aliphatic carbocycles. The van der Waals surface area contributed by atoms with Crippen molar-refractivity contribution in [3.8, 4) is 0 Å². The molecule has 1 aliphatic rings. The van der Waals surface area contributed by atoms with Crippen LogP contribution >= 0.6 is 11.3 Å². The third kappa shape index (κ3) is 2.47. The zero-order valence-corrected chi connectivity index (χ0v) is 12.6. The number of hydrogen-bond donors (Lipinski definition) is 0. The second-order valence-corrected chi connectivity index (χ2v) is 6.35. The van der Waals surface area contributed by atoms with E-state index in [-0.39, 0.29) is 5.56 Å². The third-order valence-corrected chi connectivity index (χ3v) is 4.92. The molecule has 0 bridgehead atoms. The van der Waals surface area contributed by atoms with Gasteiger partial charge in [0.1, 0.15) is 0 Å². The second kappa shape index (κ2) is 5.36. The molecule has 20 heavy (non-hydrogen) atoms. The van der Waals surface area contributed by atoms with Gasteiger partial charge in [-0.2, -0.15) is 5.10 Å². The molecule has 3 heterocycles. The molecule has 1 unspecified atom stereocenters. The molecule has 2 aromatic rings. The van der Waals surface area contributed by atoms with E-state index in [9.17, 15) is 4.79 Å². The zero-order valence-electron chi connectivity index (χ0n) is 11.7. The highest BCUT2D eigenvalue weighted by atomic mass is 32.1. The number of nitrogens with zero attached hydrogens (tertiary/aromatic N) is 4. The summed E-state index contributed by atoms with van der Waals surface area (Å²) in [6.45, 7) is 5.80. The number of hydrogen-bond acceptors (Lipinski definition) is 5. The predicted molar refractivity (Wildman–Crippen MR) is 80.5 cm³/mol. The highest BCUT2D eigenvalue weighted by molar-refractivity contribution is 7.15. The van der Waals surface area contributed by atoms with Crippen LogP contribution in [0.2, 0.25) is 0 Å². The Hall–Kier alpha value is -1.69. The number of aromatic nitrogens is 3. The van der Waals surface area contributed by atoms with Gasteiger partial charge in [-0.05, 0) is 32.8 Å². The van der Waals surface area contributed by atoms with E-state index >= 15 is 0 Å². The van der Waals surface area contributed by atoms with Gasteiger partial charge in [0.2, 0.25) is 0 Å². The van der Waals surface area contributed by atoms with Gasteiger partial charge in [-0.25, -0.2) is 9.67 Å². The minimum atomic E-state index is -0.0363. The fraction of sp³-hybridized carbons (Fsp3) is 0.500. The van der Waals surface area contributed by atoms with Crippen molar-refractivity contribution in [3.05, 3.63) is 39.3 Å². The number of thiazole rings is 1. The third-order valence-electron chi connectivity index (χ3n) is 3.81. The molecule has 1 atom stereocenters. The van der Waals surface area contributed by atoms with E-state index in [0.29, 0.717) is 12.6 Å². The van der Waals surface area contributed by atoms with Gasteiger partial charge in [0.05, 0.1) is 18.3 Å². The monoisotopic (exact) mass is 290 g/mol. The van der Waals surface area contributed by atoms with E-state index in [1.807, 2.05) is 6.92 Å². The summed E-state index contributed by atoms with van der Waals surface area (Å²) < 4.78 is 1.55. The average Bonchev–Trinajstić information content (AvgIpc) is 3.00. The molecule has 1 saturated heterocycles. The lowest BCUT2D eigenvalue weighted by atomic mass is 10.2. The van der Waals surface area contributed by atoms with Crippen molar-refractivity contribution in [3.63, 3.8) is 0 Å². The predicted octanol–water partition coefficient (Wildman–Crippen LogP) is 1.99. The van der Waals surface area contributed by atoms with Gasteiger partial charge < -0.3 is 4.90 Å². The first-order valence-electron chi connectivity index (χ1n) is 6.88. The van der Waals surface area contributed by atoms with Gasteiger partial charge in [0.25, 0.3) is 5.56 Å². The van der Waals surface area contributed by atoms with Crippen LogP contribution in [0.25, 0.3) is 0 Å². The summed E-state index contributed by atoms with van der Waals surface area (Å²) in [4.78, 5) is 20.0. The summed E-state index contributed by atoms with van der Waals surface area (Å²) in [6, 6.07) is 3.55. The van der Waals surface area contributed by atoms with E-state index < -0.39 is 0 Å². The Bertz CT molecular complexity index is 644. The van der Waals surface area contributed by atoms with Crippen molar-refractivity contribution in [1.82, 2.24) is 14.8 Å². The summed E-state index contributed by atoms with van der Waals surface area (Å²) in [5, 5.41) is 5.23. The van der Waals surface area contributed by atoms with Crippen LogP contribution in [0.5, 0.6) is 0 Å². The van der Waals surface area contributed by atoms with Crippen molar-refractivity contribution in [2.75, 3.05) is 11.4 Å². The zero-order chi connectivity index (χ0) is 14.1. The summed E-state index contributed by atoms with van der Waals surface area (Å²) >= 11 is 1.74. The van der Waals surface area contributed by atoms with Crippen molar-refractivity contribution in [2.24, 2.45) is 0 Å². The van der Waals surface area contributed by atoms with Crippen molar-refractivity contribution < 1.29 is 0 Å². The van der Waals surface area contributed by atoms with E-state index in [0.717, 1.165) is 30.2 Å². The van der Waals surface area contributed by atoms with Gasteiger partial charge in [-0.15, -0.1) is 11.3 Å². The van der Waals surface area contributed by atoms with E-state index in [2.05, 4.69) is 21.9 Å². The fourth-order valence-electron chi connectivity index (χ4n) is 2.58. The summed E-state index contributed by atoms with van der Waals surface area (Å²) in [7, 11) is 0. The van der Waals surface area contributed by atoms with E-state index in [4.69, 9.17) is 0 Å². The highest BCUT2D eigenvalue weighted by Crippen LogP contribution is 2.31. The maximum absolute atomic E-state index is 11.8. The Balaban J connectivity index is 1.82. The van der Waals surface area contributed by atoms with Crippen LogP contribution in [0.4, 0.5) is 5.13 Å². The smallest absolute Gasteiger partial charge is 0.266 e. The van der Waals surface area contributed by atoms with Crippen LogP contribution in [-0.2, 0) is 6.54 Å². The van der Waals surface area contributed by atoms with Gasteiger partial charge in [0, 0.05) is 23.7 Å². The lowest BCUT2D eigenvalue weighted by Gasteiger charge is -2.24. The Morgan fingerprint density at radius 3 is 3.00 bits per heavy atom. The fourth-order valence-corrected chi connectivity index (χ4v) is 3.59. The first-order chi connectivity index (χ1) is 9.65. The van der Waals surface area contributed by atoms with Crippen LogP contribution in [0, 0.1) is 13.8 Å². The van der Waals surface area contributed by atoms with Gasteiger partial charge in [0.15, 0.2) is 5.13 Å². The van der Waals surface area contributed by atoms with Crippen LogP contribution in [0.3, 0.4) is 0 Å². The quantitative estimate of drug-likeness (QED) is 0.867. The summed E-state index contributed by atoms with van der Waals surface area (Å²) in [5.41, 5.74) is 1.07. The molecule has 1 fully saturated rings. The molecular formula is C14H18N4OS. The lowest BCUT2D eigenvalue weighted by Crippen LogP contribution is -2.36. The van der Waals surface area contributed by atoms with E-state index in [1.165, 1.54) is 4.88 Å². The summed E-state index contributed by atoms with van der Waals surface area (Å²) in [6.07, 6.45) is 3.89. The van der Waals surface area contributed by atoms with Crippen molar-refractivity contribution >= 4 is 16.5 Å². The molecule has 2 aromatic heterocycles. The maximum atomic E-state index is 11.8. The minimum absolute atomic E-state index is 0.0363. The molecular weight excluding hydrogens is 272 g/mol. The first-order valence-corrected chi connectivity index (χ1v) is 7.69. The van der Waals surface area contributed by atoms with Crippen LogP contribution in [0.15, 0.2) is 23.1 Å². The number of aryl methyl sites for hydroxylation is 2. The molecule has 0 N–H and O–H groups in total. The molecule has 0 radical (unpaired) electrons. The first kappa shape index (κ1) is 13.3. The molecule has 0 spiro atoms. The second-order valence-electron chi connectivity index (χ2n) is 5.17. The van der Waals surface area contributed by atoms with Gasteiger partial charge >= 0.3 is 0 Å². The van der Waals surface area contributed by atoms with Crippen molar-refractivity contribution in [1.29, 1.82) is 0 Å². The Labute approximate surface area is 121 Å². The average molecular weight is 290 g/mol. The molecule has 5 nitrogen and oxygen atoms in total. The van der Waals surface area contributed by atoms with Gasteiger partial charge in [-0.1, -0.05) is 0 Å². The Morgan fingerprint density at radius 1 is 1.45 bits per heavy atom. The van der Waals surface area contributed by atoms with Crippen LogP contribution < -0.4 is 10.5 Å². The SMILES string of the molecule is Cc1nc(N2CCCC2Cn2ncccc2=O)sc1C. The molecule has 106 valence electrons. The number of rotatable bonds is 3. The number of anilines is 1. The van der Waals surface area contributed by atoms with Crippen molar-refractivity contribution in [2.45, 2.75) is 39.3 Å². The maximum Gasteiger partial charge on any atom is 0.266 e. The summed E-state index contributed by atoms with van der Waals surface area (Å²) in [5.74, 6) is 0. The molecule has 3 rings (SSSR count). The largest absolute Gasteiger partial charge is 0.343 e. The van der Waals surface area contributed by atoms with Gasteiger partial charge in [-0.3, -0.25) is 4.79 Å². The topological polar surface area (TPSA) is 51.0 Å². The van der Waals surface area contributed by atoms with Crippen LogP contribution in [-0.4, -0.2) is 27.4 Å².